The Kier molecular flexibility index (Phi) is 9.74. The number of halogens is 1. The van der Waals surface area contributed by atoms with Gasteiger partial charge in [-0.05, 0) is 102 Å². The topological polar surface area (TPSA) is 87.3 Å². The normalized spacial score (nSPS) is 11.9. The minimum absolute atomic E-state index is 0.115. The van der Waals surface area contributed by atoms with Gasteiger partial charge in [-0.25, -0.2) is 0 Å². The van der Waals surface area contributed by atoms with E-state index in [9.17, 15) is 14.4 Å². The maximum atomic E-state index is 13.2. The molecule has 3 amide bonds. The molecule has 0 aliphatic heterocycles. The maximum Gasteiger partial charge on any atom is 0.272 e. The monoisotopic (exact) mass is 653 g/mol. The molecule has 1 heterocycles. The first kappa shape index (κ1) is 27.6. The van der Waals surface area contributed by atoms with Crippen LogP contribution in [0.1, 0.15) is 22.2 Å². The summed E-state index contributed by atoms with van der Waals surface area (Å²) in [6.07, 6.45) is 1.65. The molecule has 0 aliphatic carbocycles. The Morgan fingerprint density at radius 3 is 2.34 bits per heavy atom. The van der Waals surface area contributed by atoms with Crippen LogP contribution in [0.5, 0.6) is 0 Å². The van der Waals surface area contributed by atoms with Crippen LogP contribution in [-0.2, 0) is 9.59 Å². The van der Waals surface area contributed by atoms with Gasteiger partial charge < -0.3 is 16.0 Å². The standard InChI is InChI=1S/C29H24IN3O3S2/c1-19(27(34)31-22-14-12-21(30)13-15-22)38-25-10-5-9-23(17-25)32-29(36)26(18-24-11-6-16-37-24)33-28(35)20-7-3-2-4-8-20/h2-19H,1H3,(H,31,34)(H,32,36)(H,33,35)/b26-18-. The van der Waals surface area contributed by atoms with Crippen molar-refractivity contribution in [2.75, 3.05) is 10.6 Å². The quantitative estimate of drug-likeness (QED) is 0.104. The summed E-state index contributed by atoms with van der Waals surface area (Å²) in [5.74, 6) is -0.939. The van der Waals surface area contributed by atoms with Crippen molar-refractivity contribution in [2.24, 2.45) is 0 Å². The lowest BCUT2D eigenvalue weighted by Gasteiger charge is -2.14. The summed E-state index contributed by atoms with van der Waals surface area (Å²) >= 11 is 5.07. The van der Waals surface area contributed by atoms with Gasteiger partial charge in [-0.15, -0.1) is 23.1 Å². The minimum Gasteiger partial charge on any atom is -0.325 e. The Hall–Kier alpha value is -3.41. The molecule has 38 heavy (non-hydrogen) atoms. The number of rotatable bonds is 9. The van der Waals surface area contributed by atoms with Gasteiger partial charge in [-0.2, -0.15) is 0 Å². The molecule has 3 aromatic carbocycles. The highest BCUT2D eigenvalue weighted by Gasteiger charge is 2.17. The van der Waals surface area contributed by atoms with E-state index in [1.807, 2.05) is 66.9 Å². The number of hydrogen-bond donors (Lipinski definition) is 3. The fourth-order valence-corrected chi connectivity index (χ4v) is 5.28. The average molecular weight is 654 g/mol. The van der Waals surface area contributed by atoms with E-state index >= 15 is 0 Å². The molecule has 4 rings (SSSR count). The molecule has 192 valence electrons. The first-order chi connectivity index (χ1) is 18.4. The summed E-state index contributed by atoms with van der Waals surface area (Å²) in [6, 6.07) is 27.3. The molecule has 9 heteroatoms. The summed E-state index contributed by atoms with van der Waals surface area (Å²) in [6.45, 7) is 1.83. The molecule has 1 unspecified atom stereocenters. The van der Waals surface area contributed by atoms with Crippen LogP contribution in [0, 0.1) is 3.57 Å². The second kappa shape index (κ2) is 13.4. The number of anilines is 2. The molecule has 3 N–H and O–H groups in total. The van der Waals surface area contributed by atoms with Gasteiger partial charge in [0.25, 0.3) is 11.8 Å². The minimum atomic E-state index is -0.450. The lowest BCUT2D eigenvalue weighted by atomic mass is 10.2. The van der Waals surface area contributed by atoms with E-state index in [2.05, 4.69) is 38.5 Å². The predicted octanol–water partition coefficient (Wildman–Crippen LogP) is 6.88. The molecule has 6 nitrogen and oxygen atoms in total. The van der Waals surface area contributed by atoms with Crippen LogP contribution in [0.4, 0.5) is 11.4 Å². The lowest BCUT2D eigenvalue weighted by Crippen LogP contribution is -2.30. The molecule has 0 aliphatic rings. The third kappa shape index (κ3) is 8.04. The Labute approximate surface area is 243 Å². The van der Waals surface area contributed by atoms with Gasteiger partial charge in [0.05, 0.1) is 5.25 Å². The summed E-state index contributed by atoms with van der Waals surface area (Å²) in [7, 11) is 0. The van der Waals surface area contributed by atoms with Gasteiger partial charge in [0.2, 0.25) is 5.91 Å². The number of hydrogen-bond acceptors (Lipinski definition) is 5. The Morgan fingerprint density at radius 2 is 1.63 bits per heavy atom. The van der Waals surface area contributed by atoms with Gasteiger partial charge >= 0.3 is 0 Å². The highest BCUT2D eigenvalue weighted by molar-refractivity contribution is 14.1. The number of nitrogens with one attached hydrogen (secondary N) is 3. The second-order valence-corrected chi connectivity index (χ2v) is 11.8. The molecule has 0 radical (unpaired) electrons. The summed E-state index contributed by atoms with van der Waals surface area (Å²) in [5.41, 5.74) is 1.88. The zero-order valence-electron chi connectivity index (χ0n) is 20.3. The van der Waals surface area contributed by atoms with E-state index < -0.39 is 5.91 Å². The molecule has 0 saturated heterocycles. The zero-order valence-corrected chi connectivity index (χ0v) is 24.1. The largest absolute Gasteiger partial charge is 0.325 e. The Bertz CT molecular complexity index is 1440. The van der Waals surface area contributed by atoms with Crippen molar-refractivity contribution in [1.29, 1.82) is 0 Å². The van der Waals surface area contributed by atoms with Crippen molar-refractivity contribution in [3.05, 3.63) is 116 Å². The van der Waals surface area contributed by atoms with Crippen LogP contribution in [0.2, 0.25) is 0 Å². The summed E-state index contributed by atoms with van der Waals surface area (Å²) < 4.78 is 1.09. The molecule has 4 aromatic rings. The number of benzene rings is 3. The molecule has 1 atom stereocenters. The zero-order chi connectivity index (χ0) is 26.9. The summed E-state index contributed by atoms with van der Waals surface area (Å²) in [4.78, 5) is 40.3. The van der Waals surface area contributed by atoms with Crippen molar-refractivity contribution < 1.29 is 14.4 Å². The van der Waals surface area contributed by atoms with Gasteiger partial charge in [0.1, 0.15) is 5.70 Å². The smallest absolute Gasteiger partial charge is 0.272 e. The van der Waals surface area contributed by atoms with Crippen molar-refractivity contribution >= 4 is 80.9 Å². The van der Waals surface area contributed by atoms with Crippen molar-refractivity contribution in [2.45, 2.75) is 17.1 Å². The molecule has 0 bridgehead atoms. The van der Waals surface area contributed by atoms with Crippen LogP contribution in [0.3, 0.4) is 0 Å². The van der Waals surface area contributed by atoms with Crippen molar-refractivity contribution in [3.63, 3.8) is 0 Å². The van der Waals surface area contributed by atoms with E-state index in [0.717, 1.165) is 19.0 Å². The van der Waals surface area contributed by atoms with E-state index in [0.29, 0.717) is 11.3 Å². The van der Waals surface area contributed by atoms with Crippen LogP contribution < -0.4 is 16.0 Å². The maximum absolute atomic E-state index is 13.2. The lowest BCUT2D eigenvalue weighted by molar-refractivity contribution is -0.115. The molecular weight excluding hydrogens is 629 g/mol. The number of carbonyl (C=O) groups is 3. The fourth-order valence-electron chi connectivity index (χ4n) is 3.34. The SMILES string of the molecule is CC(Sc1cccc(NC(=O)/C(=C/c2cccs2)NC(=O)c2ccccc2)c1)C(=O)Nc1ccc(I)cc1. The van der Waals surface area contributed by atoms with Crippen molar-refractivity contribution in [3.8, 4) is 0 Å². The van der Waals surface area contributed by atoms with Gasteiger partial charge in [0.15, 0.2) is 0 Å². The van der Waals surface area contributed by atoms with Crippen molar-refractivity contribution in [1.82, 2.24) is 5.32 Å². The van der Waals surface area contributed by atoms with E-state index in [-0.39, 0.29) is 22.8 Å². The Balaban J connectivity index is 1.44. The number of amides is 3. The highest BCUT2D eigenvalue weighted by Crippen LogP contribution is 2.27. The van der Waals surface area contributed by atoms with Gasteiger partial charge in [-0.3, -0.25) is 14.4 Å². The summed E-state index contributed by atoms with van der Waals surface area (Å²) in [5, 5.41) is 10.1. The molecule has 0 spiro atoms. The van der Waals surface area contributed by atoms with Crippen LogP contribution in [-0.4, -0.2) is 23.0 Å². The highest BCUT2D eigenvalue weighted by atomic mass is 127. The van der Waals surface area contributed by atoms with Crippen LogP contribution >= 0.6 is 45.7 Å². The second-order valence-electron chi connectivity index (χ2n) is 8.13. The molecule has 1 aromatic heterocycles. The Morgan fingerprint density at radius 1 is 0.868 bits per heavy atom. The molecule has 0 fully saturated rings. The third-order valence-corrected chi connectivity index (χ3v) is 7.88. The van der Waals surface area contributed by atoms with Crippen LogP contribution in [0.15, 0.2) is 107 Å². The number of thiophene rings is 1. The first-order valence-corrected chi connectivity index (χ1v) is 14.5. The number of carbonyl (C=O) groups excluding carboxylic acids is 3. The van der Waals surface area contributed by atoms with Crippen LogP contribution in [0.25, 0.3) is 6.08 Å². The third-order valence-electron chi connectivity index (χ3n) is 5.24. The van der Waals surface area contributed by atoms with E-state index in [1.165, 1.54) is 23.1 Å². The first-order valence-electron chi connectivity index (χ1n) is 11.6. The van der Waals surface area contributed by atoms with E-state index in [1.54, 1.807) is 42.5 Å². The van der Waals surface area contributed by atoms with Gasteiger partial charge in [0, 0.05) is 30.3 Å². The average Bonchev–Trinajstić information content (AvgIpc) is 3.43. The molecular formula is C29H24IN3O3S2. The fraction of sp³-hybridized carbons (Fsp3) is 0.0690. The van der Waals surface area contributed by atoms with E-state index in [4.69, 9.17) is 0 Å². The van der Waals surface area contributed by atoms with Gasteiger partial charge in [-0.1, -0.05) is 30.3 Å². The molecule has 0 saturated carbocycles. The predicted molar refractivity (Wildman–Crippen MR) is 164 cm³/mol. The number of thioether (sulfide) groups is 1.